The maximum Gasteiger partial charge on any atom is 0.274 e. The number of aliphatic hydroxyl groups is 1. The molecule has 0 aliphatic carbocycles. The largest absolute Gasteiger partial charge is 0.366 e. The Morgan fingerprint density at radius 3 is 2.65 bits per heavy atom. The predicted octanol–water partition coefficient (Wildman–Crippen LogP) is 2.19. The van der Waals surface area contributed by atoms with Gasteiger partial charge in [0.1, 0.15) is 0 Å². The van der Waals surface area contributed by atoms with Crippen LogP contribution < -0.4 is 5.32 Å². The number of hydrogen-bond donors (Lipinski definition) is 2. The Kier molecular flexibility index (Phi) is 2.81. The molecule has 3 heteroatoms. The van der Waals surface area contributed by atoms with E-state index >= 15 is 0 Å². The second-order valence-corrected chi connectivity index (χ2v) is 4.83. The minimum atomic E-state index is -1.78. The lowest BCUT2D eigenvalue weighted by Crippen LogP contribution is -2.32. The van der Waals surface area contributed by atoms with Gasteiger partial charge in [0.2, 0.25) is 5.60 Å². The molecule has 3 nitrogen and oxygen atoms in total. The van der Waals surface area contributed by atoms with Gasteiger partial charge in [0.05, 0.1) is 0 Å². The van der Waals surface area contributed by atoms with Crippen LogP contribution in [0.2, 0.25) is 0 Å². The summed E-state index contributed by atoms with van der Waals surface area (Å²) in [4.78, 5) is 12.0. The van der Waals surface area contributed by atoms with Gasteiger partial charge in [-0.2, -0.15) is 0 Å². The summed E-state index contributed by atoms with van der Waals surface area (Å²) < 4.78 is 0. The summed E-state index contributed by atoms with van der Waals surface area (Å²) in [6.07, 6.45) is 0. The Balaban J connectivity index is 2.07. The number of carbonyl (C=O) groups excluding carboxylic acids is 1. The molecule has 0 saturated heterocycles. The molecule has 1 aliphatic rings. The molecule has 2 aromatic rings. The fourth-order valence-electron chi connectivity index (χ4n) is 2.21. The monoisotopic (exact) mass is 263 g/mol. The van der Waals surface area contributed by atoms with Gasteiger partial charge in [0, 0.05) is 16.8 Å². The fourth-order valence-corrected chi connectivity index (χ4v) is 2.21. The highest BCUT2D eigenvalue weighted by atomic mass is 16.3. The summed E-state index contributed by atoms with van der Waals surface area (Å²) >= 11 is 0. The SMILES string of the molecule is Cc1ccc2c(c1)C(O)(C#Cc1ccccc1)C(=O)N2. The molecular formula is C17H13NO2. The second kappa shape index (κ2) is 4.52. The van der Waals surface area contributed by atoms with E-state index in [1.54, 1.807) is 12.1 Å². The van der Waals surface area contributed by atoms with Gasteiger partial charge >= 0.3 is 0 Å². The highest BCUT2D eigenvalue weighted by Crippen LogP contribution is 2.36. The summed E-state index contributed by atoms with van der Waals surface area (Å²) in [7, 11) is 0. The van der Waals surface area contributed by atoms with Crippen molar-refractivity contribution in [3.05, 3.63) is 65.2 Å². The van der Waals surface area contributed by atoms with E-state index in [1.165, 1.54) is 0 Å². The maximum atomic E-state index is 12.0. The number of amides is 1. The highest BCUT2D eigenvalue weighted by Gasteiger charge is 2.44. The average Bonchev–Trinajstić information content (AvgIpc) is 2.71. The predicted molar refractivity (Wildman–Crippen MR) is 77.0 cm³/mol. The van der Waals surface area contributed by atoms with Crippen molar-refractivity contribution in [2.24, 2.45) is 0 Å². The van der Waals surface area contributed by atoms with Crippen LogP contribution in [0.25, 0.3) is 0 Å². The maximum absolute atomic E-state index is 12.0. The quantitative estimate of drug-likeness (QED) is 0.716. The van der Waals surface area contributed by atoms with E-state index in [0.29, 0.717) is 11.3 Å². The van der Waals surface area contributed by atoms with Crippen molar-refractivity contribution in [1.29, 1.82) is 0 Å². The topological polar surface area (TPSA) is 49.3 Å². The van der Waals surface area contributed by atoms with E-state index in [-0.39, 0.29) is 0 Å². The van der Waals surface area contributed by atoms with Crippen LogP contribution in [0.1, 0.15) is 16.7 Å². The molecule has 0 bridgehead atoms. The van der Waals surface area contributed by atoms with E-state index in [4.69, 9.17) is 0 Å². The van der Waals surface area contributed by atoms with Crippen LogP contribution >= 0.6 is 0 Å². The molecule has 0 saturated carbocycles. The molecule has 0 spiro atoms. The van der Waals surface area contributed by atoms with E-state index < -0.39 is 11.5 Å². The van der Waals surface area contributed by atoms with Crippen molar-refractivity contribution in [3.8, 4) is 11.8 Å². The molecule has 1 unspecified atom stereocenters. The third kappa shape index (κ3) is 1.97. The molecular weight excluding hydrogens is 250 g/mol. The van der Waals surface area contributed by atoms with E-state index in [0.717, 1.165) is 11.1 Å². The number of aryl methyl sites for hydroxylation is 1. The molecule has 0 aromatic heterocycles. The van der Waals surface area contributed by atoms with Crippen LogP contribution in [0.15, 0.2) is 48.5 Å². The van der Waals surface area contributed by atoms with E-state index in [1.807, 2.05) is 43.3 Å². The van der Waals surface area contributed by atoms with Crippen molar-refractivity contribution in [1.82, 2.24) is 0 Å². The molecule has 1 heterocycles. The zero-order valence-corrected chi connectivity index (χ0v) is 11.0. The average molecular weight is 263 g/mol. The van der Waals surface area contributed by atoms with Gasteiger partial charge in [-0.25, -0.2) is 0 Å². The summed E-state index contributed by atoms with van der Waals surface area (Å²) in [6.45, 7) is 1.91. The summed E-state index contributed by atoms with van der Waals surface area (Å²) in [6, 6.07) is 14.7. The minimum Gasteiger partial charge on any atom is -0.366 e. The molecule has 1 amide bonds. The smallest absolute Gasteiger partial charge is 0.274 e. The normalized spacial score (nSPS) is 19.8. The van der Waals surface area contributed by atoms with E-state index in [9.17, 15) is 9.90 Å². The number of rotatable bonds is 0. The third-order valence-electron chi connectivity index (χ3n) is 3.30. The summed E-state index contributed by atoms with van der Waals surface area (Å²) in [5.41, 5.74) is 1.09. The Morgan fingerprint density at radius 2 is 1.90 bits per heavy atom. The molecule has 20 heavy (non-hydrogen) atoms. The molecule has 3 rings (SSSR count). The van der Waals surface area contributed by atoms with Gasteiger partial charge in [0.15, 0.2) is 0 Å². The zero-order chi connectivity index (χ0) is 14.2. The van der Waals surface area contributed by atoms with E-state index in [2.05, 4.69) is 17.2 Å². The number of carbonyl (C=O) groups is 1. The molecule has 1 atom stereocenters. The second-order valence-electron chi connectivity index (χ2n) is 4.83. The Labute approximate surface area is 117 Å². The van der Waals surface area contributed by atoms with Crippen molar-refractivity contribution < 1.29 is 9.90 Å². The summed E-state index contributed by atoms with van der Waals surface area (Å²) in [5.74, 6) is 5.06. The molecule has 2 aromatic carbocycles. The van der Waals surface area contributed by atoms with Gasteiger partial charge in [0.25, 0.3) is 5.91 Å². The van der Waals surface area contributed by atoms with Gasteiger partial charge in [-0.05, 0) is 37.1 Å². The number of benzene rings is 2. The zero-order valence-electron chi connectivity index (χ0n) is 11.0. The number of nitrogens with one attached hydrogen (secondary N) is 1. The van der Waals surface area contributed by atoms with Crippen LogP contribution in [-0.4, -0.2) is 11.0 Å². The fraction of sp³-hybridized carbons (Fsp3) is 0.118. The van der Waals surface area contributed by atoms with Crippen molar-refractivity contribution >= 4 is 11.6 Å². The lowest BCUT2D eigenvalue weighted by Gasteiger charge is -2.13. The van der Waals surface area contributed by atoms with Gasteiger partial charge in [-0.1, -0.05) is 35.7 Å². The Hall–Kier alpha value is -2.57. The molecule has 98 valence electrons. The standard InChI is InChI=1S/C17H13NO2/c1-12-7-8-15-14(11-12)17(20,16(19)18-15)10-9-13-5-3-2-4-6-13/h2-8,11,20H,1H3,(H,18,19). The Morgan fingerprint density at radius 1 is 1.15 bits per heavy atom. The number of fused-ring (bicyclic) bond motifs is 1. The van der Waals surface area contributed by atoms with Crippen LogP contribution in [0.3, 0.4) is 0 Å². The third-order valence-corrected chi connectivity index (χ3v) is 3.30. The minimum absolute atomic E-state index is 0.499. The van der Waals surface area contributed by atoms with Gasteiger partial charge in [-0.15, -0.1) is 0 Å². The van der Waals surface area contributed by atoms with Crippen LogP contribution in [-0.2, 0) is 10.4 Å². The van der Waals surface area contributed by atoms with Gasteiger partial charge < -0.3 is 10.4 Å². The molecule has 1 aliphatic heterocycles. The first-order valence-electron chi connectivity index (χ1n) is 6.33. The lowest BCUT2D eigenvalue weighted by molar-refractivity contribution is -0.128. The van der Waals surface area contributed by atoms with Gasteiger partial charge in [-0.3, -0.25) is 4.79 Å². The van der Waals surface area contributed by atoms with Crippen molar-refractivity contribution in [2.45, 2.75) is 12.5 Å². The molecule has 2 N–H and O–H groups in total. The highest BCUT2D eigenvalue weighted by molar-refractivity contribution is 6.07. The van der Waals surface area contributed by atoms with Crippen molar-refractivity contribution in [2.75, 3.05) is 5.32 Å². The first-order valence-corrected chi connectivity index (χ1v) is 6.33. The summed E-state index contributed by atoms with van der Waals surface area (Å²) in [5, 5.41) is 13.3. The first-order chi connectivity index (χ1) is 9.59. The van der Waals surface area contributed by atoms with Crippen LogP contribution in [0, 0.1) is 18.8 Å². The molecule has 0 radical (unpaired) electrons. The van der Waals surface area contributed by atoms with Crippen molar-refractivity contribution in [3.63, 3.8) is 0 Å². The van der Waals surface area contributed by atoms with Crippen LogP contribution in [0.5, 0.6) is 0 Å². The number of hydrogen-bond acceptors (Lipinski definition) is 2. The Bertz CT molecular complexity index is 741. The molecule has 0 fully saturated rings. The lowest BCUT2D eigenvalue weighted by atomic mass is 9.94. The van der Waals surface area contributed by atoms with Crippen LogP contribution in [0.4, 0.5) is 5.69 Å². The first kappa shape index (κ1) is 12.5. The number of anilines is 1.